The molecule has 0 saturated carbocycles. The number of esters is 1. The minimum Gasteiger partial charge on any atom is -0.465 e. The number of ether oxygens (including phenoxy) is 1. The highest BCUT2D eigenvalue weighted by atomic mass is 19.3. The van der Waals surface area contributed by atoms with Crippen molar-refractivity contribution in [3.63, 3.8) is 0 Å². The number of nitrogens with zero attached hydrogens (tertiary/aromatic N) is 1. The van der Waals surface area contributed by atoms with Gasteiger partial charge in [-0.15, -0.1) is 13.2 Å². The van der Waals surface area contributed by atoms with E-state index in [1.54, 1.807) is 6.92 Å². The Morgan fingerprint density at radius 3 is 2.39 bits per heavy atom. The molecule has 0 heterocycles. The second-order valence-corrected chi connectivity index (χ2v) is 3.48. The summed E-state index contributed by atoms with van der Waals surface area (Å²) in [6.45, 7) is 7.55. The Balaban J connectivity index is 4.77. The van der Waals surface area contributed by atoms with Gasteiger partial charge in [-0.1, -0.05) is 12.2 Å². The fourth-order valence-corrected chi connectivity index (χ4v) is 1.24. The van der Waals surface area contributed by atoms with Gasteiger partial charge in [0.05, 0.1) is 6.61 Å². The fourth-order valence-electron chi connectivity index (χ4n) is 1.24. The highest BCUT2D eigenvalue weighted by molar-refractivity contribution is 5.87. The van der Waals surface area contributed by atoms with Gasteiger partial charge >= 0.3 is 11.9 Å². The lowest BCUT2D eigenvalue weighted by molar-refractivity contribution is -0.161. The quantitative estimate of drug-likeness (QED) is 0.494. The highest BCUT2D eigenvalue weighted by Crippen LogP contribution is 2.21. The van der Waals surface area contributed by atoms with Gasteiger partial charge in [0, 0.05) is 13.0 Å². The third-order valence-corrected chi connectivity index (χ3v) is 1.98. The van der Waals surface area contributed by atoms with Crippen molar-refractivity contribution in [1.29, 1.82) is 0 Å². The van der Waals surface area contributed by atoms with Crippen LogP contribution in [0.4, 0.5) is 8.78 Å². The SMILES string of the molecule is C=CCN(CC(=O)OCC)C(=O)C(F)(F)CC=C. The van der Waals surface area contributed by atoms with Crippen molar-refractivity contribution < 1.29 is 23.1 Å². The second-order valence-electron chi connectivity index (χ2n) is 3.48. The van der Waals surface area contributed by atoms with Crippen LogP contribution in [0.1, 0.15) is 13.3 Å². The Hall–Kier alpha value is -1.72. The van der Waals surface area contributed by atoms with Crippen molar-refractivity contribution in [3.8, 4) is 0 Å². The lowest BCUT2D eigenvalue weighted by Gasteiger charge is -2.24. The Morgan fingerprint density at radius 1 is 1.33 bits per heavy atom. The van der Waals surface area contributed by atoms with Crippen LogP contribution in [0.15, 0.2) is 25.3 Å². The molecule has 0 saturated heterocycles. The molecule has 0 aliphatic heterocycles. The van der Waals surface area contributed by atoms with Crippen LogP contribution in [0.5, 0.6) is 0 Å². The maximum Gasteiger partial charge on any atom is 0.328 e. The summed E-state index contributed by atoms with van der Waals surface area (Å²) in [6, 6.07) is 0. The summed E-state index contributed by atoms with van der Waals surface area (Å²) in [5.74, 6) is -5.74. The van der Waals surface area contributed by atoms with Crippen LogP contribution < -0.4 is 0 Å². The first-order valence-corrected chi connectivity index (χ1v) is 5.43. The smallest absolute Gasteiger partial charge is 0.328 e. The molecular formula is C12H17F2NO3. The van der Waals surface area contributed by atoms with Gasteiger partial charge in [-0.05, 0) is 6.92 Å². The van der Waals surface area contributed by atoms with Crippen LogP contribution in [0.3, 0.4) is 0 Å². The summed E-state index contributed by atoms with van der Waals surface area (Å²) in [7, 11) is 0. The largest absolute Gasteiger partial charge is 0.465 e. The fraction of sp³-hybridized carbons (Fsp3) is 0.500. The molecule has 0 aliphatic rings. The van der Waals surface area contributed by atoms with E-state index in [0.717, 1.165) is 6.08 Å². The average molecular weight is 261 g/mol. The van der Waals surface area contributed by atoms with Crippen molar-refractivity contribution >= 4 is 11.9 Å². The van der Waals surface area contributed by atoms with Crippen molar-refractivity contribution in [2.75, 3.05) is 19.7 Å². The van der Waals surface area contributed by atoms with Crippen LogP contribution in [-0.2, 0) is 14.3 Å². The van der Waals surface area contributed by atoms with Gasteiger partial charge in [-0.2, -0.15) is 8.78 Å². The number of hydrogen-bond donors (Lipinski definition) is 0. The highest BCUT2D eigenvalue weighted by Gasteiger charge is 2.41. The van der Waals surface area contributed by atoms with E-state index in [-0.39, 0.29) is 13.2 Å². The van der Waals surface area contributed by atoms with Gasteiger partial charge < -0.3 is 9.64 Å². The first kappa shape index (κ1) is 16.3. The summed E-state index contributed by atoms with van der Waals surface area (Å²) in [4.78, 5) is 23.5. The molecule has 0 radical (unpaired) electrons. The standard InChI is InChI=1S/C12H17F2NO3/c1-4-7-12(13,14)11(17)15(8-5-2)9-10(16)18-6-3/h4-5H,1-2,6-9H2,3H3. The summed E-state index contributed by atoms with van der Waals surface area (Å²) in [6.07, 6.45) is 1.44. The first-order valence-electron chi connectivity index (χ1n) is 5.43. The van der Waals surface area contributed by atoms with E-state index in [9.17, 15) is 18.4 Å². The van der Waals surface area contributed by atoms with Gasteiger partial charge in [0.15, 0.2) is 0 Å². The predicted molar refractivity (Wildman–Crippen MR) is 63.2 cm³/mol. The Bertz CT molecular complexity index is 329. The molecule has 0 aromatic heterocycles. The summed E-state index contributed by atoms with van der Waals surface area (Å²) in [5.41, 5.74) is 0. The van der Waals surface area contributed by atoms with Gasteiger partial charge in [-0.25, -0.2) is 0 Å². The molecule has 6 heteroatoms. The molecule has 0 aromatic carbocycles. The maximum absolute atomic E-state index is 13.4. The van der Waals surface area contributed by atoms with Gasteiger partial charge in [0.1, 0.15) is 6.54 Å². The third-order valence-electron chi connectivity index (χ3n) is 1.98. The van der Waals surface area contributed by atoms with Crippen LogP contribution in [0, 0.1) is 0 Å². The molecule has 0 aromatic rings. The second kappa shape index (κ2) is 7.58. The summed E-state index contributed by atoms with van der Waals surface area (Å²) >= 11 is 0. The van der Waals surface area contributed by atoms with Gasteiger partial charge in [0.2, 0.25) is 0 Å². The van der Waals surface area contributed by atoms with Crippen LogP contribution >= 0.6 is 0 Å². The lowest BCUT2D eigenvalue weighted by Crippen LogP contribution is -2.46. The predicted octanol–water partition coefficient (Wildman–Crippen LogP) is 1.78. The van der Waals surface area contributed by atoms with Crippen molar-refractivity contribution in [1.82, 2.24) is 4.90 Å². The molecule has 4 nitrogen and oxygen atoms in total. The minimum atomic E-state index is -3.57. The Kier molecular flexibility index (Phi) is 6.85. The first-order chi connectivity index (χ1) is 8.38. The topological polar surface area (TPSA) is 46.6 Å². The third kappa shape index (κ3) is 5.07. The molecule has 18 heavy (non-hydrogen) atoms. The van der Waals surface area contributed by atoms with Crippen molar-refractivity contribution in [2.45, 2.75) is 19.3 Å². The molecule has 102 valence electrons. The van der Waals surface area contributed by atoms with Crippen LogP contribution in [0.2, 0.25) is 0 Å². The molecule has 0 bridgehead atoms. The van der Waals surface area contributed by atoms with Crippen LogP contribution in [0.25, 0.3) is 0 Å². The van der Waals surface area contributed by atoms with E-state index in [1.807, 2.05) is 0 Å². The van der Waals surface area contributed by atoms with E-state index in [2.05, 4.69) is 17.9 Å². The van der Waals surface area contributed by atoms with Gasteiger partial charge in [0.25, 0.3) is 5.91 Å². The molecule has 0 fully saturated rings. The monoisotopic (exact) mass is 261 g/mol. The number of rotatable bonds is 8. The molecular weight excluding hydrogens is 244 g/mol. The number of hydrogen-bond acceptors (Lipinski definition) is 3. The number of halogens is 2. The maximum atomic E-state index is 13.4. The van der Waals surface area contributed by atoms with Crippen LogP contribution in [-0.4, -0.2) is 42.4 Å². The van der Waals surface area contributed by atoms with E-state index >= 15 is 0 Å². The normalized spacial score (nSPS) is 10.6. The van der Waals surface area contributed by atoms with E-state index < -0.39 is 30.8 Å². The molecule has 0 atom stereocenters. The Labute approximate surface area is 105 Å². The molecule has 0 aliphatic carbocycles. The van der Waals surface area contributed by atoms with E-state index in [0.29, 0.717) is 4.90 Å². The molecule has 0 spiro atoms. The zero-order valence-electron chi connectivity index (χ0n) is 10.3. The summed E-state index contributed by atoms with van der Waals surface area (Å²) in [5, 5.41) is 0. The Morgan fingerprint density at radius 2 is 1.94 bits per heavy atom. The molecule has 1 amide bonds. The van der Waals surface area contributed by atoms with E-state index in [4.69, 9.17) is 0 Å². The molecule has 0 N–H and O–H groups in total. The zero-order chi connectivity index (χ0) is 14.2. The lowest BCUT2D eigenvalue weighted by atomic mass is 10.2. The average Bonchev–Trinajstić information content (AvgIpc) is 2.27. The number of allylic oxidation sites excluding steroid dienone is 1. The molecule has 0 unspecified atom stereocenters. The minimum absolute atomic E-state index is 0.123. The number of alkyl halides is 2. The number of carbonyl (C=O) groups excluding carboxylic acids is 2. The van der Waals surface area contributed by atoms with Crippen molar-refractivity contribution in [2.24, 2.45) is 0 Å². The molecule has 0 rings (SSSR count). The van der Waals surface area contributed by atoms with Crippen molar-refractivity contribution in [3.05, 3.63) is 25.3 Å². The zero-order valence-corrected chi connectivity index (χ0v) is 10.3. The summed E-state index contributed by atoms with van der Waals surface area (Å²) < 4.78 is 31.4. The number of amides is 1. The van der Waals surface area contributed by atoms with E-state index in [1.165, 1.54) is 6.08 Å². The van der Waals surface area contributed by atoms with Gasteiger partial charge in [-0.3, -0.25) is 9.59 Å². The number of carbonyl (C=O) groups is 2.